The Labute approximate surface area is 99.9 Å². The smallest absolute Gasteiger partial charge is 0.170 e. The van der Waals surface area contributed by atoms with E-state index >= 15 is 0 Å². The molecule has 0 aliphatic rings. The Hall–Kier alpha value is -1.62. The molecule has 0 radical (unpaired) electrons. The van der Waals surface area contributed by atoms with Gasteiger partial charge in [0.15, 0.2) is 5.84 Å². The van der Waals surface area contributed by atoms with Gasteiger partial charge in [0.1, 0.15) is 5.82 Å². The van der Waals surface area contributed by atoms with Crippen LogP contribution in [0, 0.1) is 5.82 Å². The molecular weight excluding hydrogens is 223 g/mol. The van der Waals surface area contributed by atoms with Crippen LogP contribution >= 0.6 is 0 Å². The van der Waals surface area contributed by atoms with Crippen LogP contribution in [0.15, 0.2) is 23.4 Å². The van der Waals surface area contributed by atoms with Gasteiger partial charge >= 0.3 is 0 Å². The number of hydrogen-bond donors (Lipinski definition) is 2. The third-order valence-corrected chi connectivity index (χ3v) is 2.12. The number of rotatable bonds is 3. The van der Waals surface area contributed by atoms with Crippen LogP contribution in [-0.4, -0.2) is 16.6 Å². The Kier molecular flexibility index (Phi) is 4.07. The predicted molar refractivity (Wildman–Crippen MR) is 63.5 cm³/mol. The molecule has 0 aliphatic heterocycles. The fraction of sp³-hybridized carbons (Fsp3) is 0.417. The van der Waals surface area contributed by atoms with Crippen molar-refractivity contribution >= 4 is 5.84 Å². The highest BCUT2D eigenvalue weighted by Crippen LogP contribution is 2.16. The minimum absolute atomic E-state index is 0.128. The Balaban J connectivity index is 2.99. The first-order valence-corrected chi connectivity index (χ1v) is 5.24. The molecule has 1 aromatic rings. The summed E-state index contributed by atoms with van der Waals surface area (Å²) in [6, 6.07) is 4.10. The van der Waals surface area contributed by atoms with E-state index in [4.69, 9.17) is 15.7 Å². The zero-order valence-electron chi connectivity index (χ0n) is 10.2. The average molecular weight is 240 g/mol. The predicted octanol–water partition coefficient (Wildman–Crippen LogP) is 2.24. The zero-order chi connectivity index (χ0) is 13.1. The summed E-state index contributed by atoms with van der Waals surface area (Å²) in [5.41, 5.74) is 6.19. The molecule has 5 heteroatoms. The molecule has 0 aromatic heterocycles. The van der Waals surface area contributed by atoms with Gasteiger partial charge in [0.25, 0.3) is 0 Å². The van der Waals surface area contributed by atoms with Gasteiger partial charge in [-0.2, -0.15) is 0 Å². The minimum Gasteiger partial charge on any atom is -0.409 e. The van der Waals surface area contributed by atoms with Gasteiger partial charge in [0, 0.05) is 5.56 Å². The van der Waals surface area contributed by atoms with Crippen molar-refractivity contribution in [1.29, 1.82) is 0 Å². The third-order valence-electron chi connectivity index (χ3n) is 2.12. The maximum absolute atomic E-state index is 13.1. The molecule has 17 heavy (non-hydrogen) atoms. The van der Waals surface area contributed by atoms with Crippen LogP contribution in [0.3, 0.4) is 0 Å². The summed E-state index contributed by atoms with van der Waals surface area (Å²) < 4.78 is 18.7. The van der Waals surface area contributed by atoms with Crippen molar-refractivity contribution in [2.24, 2.45) is 10.9 Å². The molecular formula is C12H17FN2O2. The van der Waals surface area contributed by atoms with E-state index in [9.17, 15) is 4.39 Å². The van der Waals surface area contributed by atoms with Crippen molar-refractivity contribution in [1.82, 2.24) is 0 Å². The van der Waals surface area contributed by atoms with Crippen LogP contribution < -0.4 is 5.73 Å². The SMILES string of the molecule is CC(C)(C)OCc1ccc(F)cc1C(N)=NO. The number of amidine groups is 1. The quantitative estimate of drug-likeness (QED) is 0.368. The summed E-state index contributed by atoms with van der Waals surface area (Å²) in [5.74, 6) is -0.567. The zero-order valence-corrected chi connectivity index (χ0v) is 10.2. The Morgan fingerprint density at radius 3 is 2.65 bits per heavy atom. The van der Waals surface area contributed by atoms with Crippen LogP contribution in [0.25, 0.3) is 0 Å². The standard InChI is InChI=1S/C12H17FN2O2/c1-12(2,3)17-7-8-4-5-9(13)6-10(8)11(14)15-16/h4-6,16H,7H2,1-3H3,(H2,14,15). The molecule has 0 bridgehead atoms. The molecule has 94 valence electrons. The molecule has 1 rings (SSSR count). The molecule has 0 aliphatic carbocycles. The van der Waals surface area contributed by atoms with Crippen molar-refractivity contribution in [2.75, 3.05) is 0 Å². The van der Waals surface area contributed by atoms with Gasteiger partial charge in [-0.1, -0.05) is 11.2 Å². The molecule has 0 atom stereocenters. The maximum Gasteiger partial charge on any atom is 0.170 e. The molecule has 0 amide bonds. The second-order valence-electron chi connectivity index (χ2n) is 4.69. The summed E-state index contributed by atoms with van der Waals surface area (Å²) in [4.78, 5) is 0. The summed E-state index contributed by atoms with van der Waals surface area (Å²) in [7, 11) is 0. The van der Waals surface area contributed by atoms with E-state index in [2.05, 4.69) is 5.16 Å². The second-order valence-corrected chi connectivity index (χ2v) is 4.69. The molecule has 0 saturated heterocycles. The lowest BCUT2D eigenvalue weighted by Crippen LogP contribution is -2.21. The monoisotopic (exact) mass is 240 g/mol. The Morgan fingerprint density at radius 2 is 2.12 bits per heavy atom. The fourth-order valence-electron chi connectivity index (χ4n) is 1.26. The second kappa shape index (κ2) is 5.14. The summed E-state index contributed by atoms with van der Waals surface area (Å²) in [6.45, 7) is 6.02. The lowest BCUT2D eigenvalue weighted by atomic mass is 10.1. The van der Waals surface area contributed by atoms with E-state index in [1.807, 2.05) is 20.8 Å². The van der Waals surface area contributed by atoms with Gasteiger partial charge < -0.3 is 15.7 Å². The van der Waals surface area contributed by atoms with Gasteiger partial charge in [-0.3, -0.25) is 0 Å². The van der Waals surface area contributed by atoms with E-state index in [0.717, 1.165) is 0 Å². The Bertz CT molecular complexity index is 425. The van der Waals surface area contributed by atoms with E-state index in [-0.39, 0.29) is 18.0 Å². The number of ether oxygens (including phenoxy) is 1. The van der Waals surface area contributed by atoms with Crippen molar-refractivity contribution in [3.05, 3.63) is 35.1 Å². The third kappa shape index (κ3) is 4.03. The molecule has 0 spiro atoms. The normalized spacial score (nSPS) is 12.8. The van der Waals surface area contributed by atoms with Crippen molar-refractivity contribution in [3.63, 3.8) is 0 Å². The molecule has 0 fully saturated rings. The van der Waals surface area contributed by atoms with E-state index in [0.29, 0.717) is 11.1 Å². The number of benzene rings is 1. The highest BCUT2D eigenvalue weighted by atomic mass is 19.1. The van der Waals surface area contributed by atoms with Crippen LogP contribution in [0.2, 0.25) is 0 Å². The van der Waals surface area contributed by atoms with E-state index in [1.165, 1.54) is 12.1 Å². The number of nitrogens with zero attached hydrogens (tertiary/aromatic N) is 1. The lowest BCUT2D eigenvalue weighted by Gasteiger charge is -2.20. The number of nitrogens with two attached hydrogens (primary N) is 1. The summed E-state index contributed by atoms with van der Waals surface area (Å²) >= 11 is 0. The van der Waals surface area contributed by atoms with Crippen LogP contribution in [0.4, 0.5) is 4.39 Å². The minimum atomic E-state index is -0.439. The molecule has 0 saturated carbocycles. The van der Waals surface area contributed by atoms with Crippen LogP contribution in [0.1, 0.15) is 31.9 Å². The maximum atomic E-state index is 13.1. The Morgan fingerprint density at radius 1 is 1.47 bits per heavy atom. The van der Waals surface area contributed by atoms with Gasteiger partial charge in [0.2, 0.25) is 0 Å². The first-order chi connectivity index (χ1) is 7.83. The lowest BCUT2D eigenvalue weighted by molar-refractivity contribution is -0.0150. The highest BCUT2D eigenvalue weighted by molar-refractivity contribution is 5.98. The van der Waals surface area contributed by atoms with E-state index in [1.54, 1.807) is 6.07 Å². The molecule has 3 N–H and O–H groups in total. The summed E-state index contributed by atoms with van der Waals surface area (Å²) in [6.07, 6.45) is 0. The van der Waals surface area contributed by atoms with Crippen LogP contribution in [0.5, 0.6) is 0 Å². The first-order valence-electron chi connectivity index (χ1n) is 5.24. The van der Waals surface area contributed by atoms with Gasteiger partial charge in [-0.05, 0) is 38.5 Å². The number of oxime groups is 1. The van der Waals surface area contributed by atoms with Crippen molar-refractivity contribution < 1.29 is 14.3 Å². The number of hydrogen-bond acceptors (Lipinski definition) is 3. The molecule has 0 unspecified atom stereocenters. The van der Waals surface area contributed by atoms with Gasteiger partial charge in [0.05, 0.1) is 12.2 Å². The van der Waals surface area contributed by atoms with Gasteiger partial charge in [-0.25, -0.2) is 4.39 Å². The topological polar surface area (TPSA) is 67.8 Å². The van der Waals surface area contributed by atoms with Crippen molar-refractivity contribution in [3.8, 4) is 0 Å². The summed E-state index contributed by atoms with van der Waals surface area (Å²) in [5, 5.41) is 11.5. The van der Waals surface area contributed by atoms with Crippen molar-refractivity contribution in [2.45, 2.75) is 33.0 Å². The molecule has 1 aromatic carbocycles. The largest absolute Gasteiger partial charge is 0.409 e. The molecule has 0 heterocycles. The molecule has 4 nitrogen and oxygen atoms in total. The number of halogens is 1. The van der Waals surface area contributed by atoms with Crippen LogP contribution in [-0.2, 0) is 11.3 Å². The van der Waals surface area contributed by atoms with E-state index < -0.39 is 5.82 Å². The van der Waals surface area contributed by atoms with Gasteiger partial charge in [-0.15, -0.1) is 0 Å². The fourth-order valence-corrected chi connectivity index (χ4v) is 1.26. The first kappa shape index (κ1) is 13.4. The highest BCUT2D eigenvalue weighted by Gasteiger charge is 2.14. The average Bonchev–Trinajstić information content (AvgIpc) is 2.25.